The normalized spacial score (nSPS) is 11.5. The van der Waals surface area contributed by atoms with Gasteiger partial charge in [0.05, 0.1) is 19.8 Å². The molecule has 8 heteroatoms. The Balaban J connectivity index is 0.000000628. The van der Waals surface area contributed by atoms with E-state index in [0.717, 1.165) is 82.1 Å². The van der Waals surface area contributed by atoms with E-state index in [-0.39, 0.29) is 5.75 Å². The molecule has 0 saturated carbocycles. The molecule has 0 amide bonds. The first-order valence-corrected chi connectivity index (χ1v) is 35.2. The van der Waals surface area contributed by atoms with Gasteiger partial charge >= 0.3 is 0 Å². The summed E-state index contributed by atoms with van der Waals surface area (Å²) in [5.41, 5.74) is 3.64. The molecule has 1 aliphatic heterocycles. The van der Waals surface area contributed by atoms with Crippen molar-refractivity contribution < 1.29 is 33.6 Å². The number of halogens is 1. The molecule has 474 valence electrons. The van der Waals surface area contributed by atoms with Crippen LogP contribution in [0, 0.1) is 0 Å². The highest BCUT2D eigenvalue weighted by Crippen LogP contribution is 2.20. The fraction of sp³-hybridized carbons (Fsp3) is 0.632. The fourth-order valence-electron chi connectivity index (χ4n) is 9.46. The Bertz CT molecular complexity index is 1910. The number of alkyl halides is 1. The van der Waals surface area contributed by atoms with E-state index in [1.54, 1.807) is 24.3 Å². The number of rotatable bonds is 46. The van der Waals surface area contributed by atoms with Gasteiger partial charge in [0.2, 0.25) is 0 Å². The van der Waals surface area contributed by atoms with Crippen LogP contribution in [-0.4, -0.2) is 56.0 Å². The number of carbonyl (C=O) groups excluding carboxylic acids is 2. The Morgan fingerprint density at radius 2 is 0.583 bits per heavy atom. The average Bonchev–Trinajstić information content (AvgIpc) is 4.15. The van der Waals surface area contributed by atoms with Gasteiger partial charge in [0, 0.05) is 29.7 Å². The molecule has 84 heavy (non-hydrogen) atoms. The number of aromatic hydroxyl groups is 1. The molecule has 4 aromatic carbocycles. The standard InChI is InChI=1S/C36H56O2.C18H28O2.C11H23Br.C7H6O2.C4H8O/c1-3-5-7-9-11-13-15-17-19-31-37-35-27-23-33(24-28-35)21-22-34-25-29-36(30-26-34)38-32-20-18-16-14-12-10-8-6-4-2;1-2-3-4-5-6-7-8-9-10-15-20-18-13-11-17(16-19)12-14-18;1-2-3-4-5-6-7-8-9-10-11-12;8-5-6-1-3-7(9)4-2-6;1-2-4-5-3-1/h21-30H,3-20,31-32H2,1-2H3;11-14,16H,2-10,15H2,1H3;2-11H2,1H3;1-5,9H;1-4H2/b22-21+;;;;. The lowest BCUT2D eigenvalue weighted by Gasteiger charge is -2.07. The number of aldehydes is 2. The summed E-state index contributed by atoms with van der Waals surface area (Å²) in [6.45, 7) is 13.5. The predicted octanol–water partition coefficient (Wildman–Crippen LogP) is 24.0. The zero-order chi connectivity index (χ0) is 60.7. The SMILES string of the molecule is C1CCOC1.CCCCCCCCCCCBr.CCCCCCCCCCCOc1ccc(/C=C/c2ccc(OCCCCCCCCCCC)cc2)cc1.CCCCCCCCCCCOc1ccc(C=O)cc1.O=Cc1ccc(O)cc1. The van der Waals surface area contributed by atoms with Crippen molar-refractivity contribution in [3.05, 3.63) is 119 Å². The second kappa shape index (κ2) is 61.7. The molecule has 1 saturated heterocycles. The molecule has 0 spiro atoms. The maximum Gasteiger partial charge on any atom is 0.150 e. The van der Waals surface area contributed by atoms with Crippen LogP contribution in [0.15, 0.2) is 97.1 Å². The molecule has 0 aliphatic carbocycles. The third-order valence-corrected chi connectivity index (χ3v) is 15.4. The summed E-state index contributed by atoms with van der Waals surface area (Å²) in [5, 5.41) is 9.92. The van der Waals surface area contributed by atoms with Crippen molar-refractivity contribution in [3.8, 4) is 23.0 Å². The molecule has 0 bridgehead atoms. The highest BCUT2D eigenvalue weighted by atomic mass is 79.9. The maximum atomic E-state index is 10.5. The average molecular weight is 1230 g/mol. The molecule has 1 heterocycles. The first-order chi connectivity index (χ1) is 41.4. The topological polar surface area (TPSA) is 91.3 Å². The van der Waals surface area contributed by atoms with Gasteiger partial charge in [-0.2, -0.15) is 0 Å². The molecule has 1 fully saturated rings. The monoisotopic (exact) mass is 1220 g/mol. The van der Waals surface area contributed by atoms with Crippen molar-refractivity contribution in [1.82, 2.24) is 0 Å². The Labute approximate surface area is 523 Å². The summed E-state index contributed by atoms with van der Waals surface area (Å²) < 4.78 is 22.5. The fourth-order valence-corrected chi connectivity index (χ4v) is 9.86. The zero-order valence-electron chi connectivity index (χ0n) is 53.9. The van der Waals surface area contributed by atoms with Crippen molar-refractivity contribution in [1.29, 1.82) is 0 Å². The van der Waals surface area contributed by atoms with Gasteiger partial charge in [0.1, 0.15) is 35.6 Å². The molecule has 0 unspecified atom stereocenters. The molecule has 5 rings (SSSR count). The second-order valence-corrected chi connectivity index (χ2v) is 23.5. The maximum absolute atomic E-state index is 10.5. The van der Waals surface area contributed by atoms with Gasteiger partial charge in [-0.25, -0.2) is 0 Å². The predicted molar refractivity (Wildman–Crippen MR) is 366 cm³/mol. The Kier molecular flexibility index (Phi) is 57.0. The van der Waals surface area contributed by atoms with Crippen molar-refractivity contribution in [2.45, 2.75) is 272 Å². The molecule has 7 nitrogen and oxygen atoms in total. The number of ether oxygens (including phenoxy) is 4. The number of phenols is 1. The Hall–Kier alpha value is -4.40. The number of unbranched alkanes of at least 4 members (excludes halogenated alkanes) is 32. The first kappa shape index (κ1) is 77.6. The molecule has 0 aromatic heterocycles. The van der Waals surface area contributed by atoms with E-state index in [2.05, 4.69) is 104 Å². The third-order valence-electron chi connectivity index (χ3n) is 14.9. The minimum absolute atomic E-state index is 0.181. The van der Waals surface area contributed by atoms with Crippen LogP contribution in [0.3, 0.4) is 0 Å². The number of carbonyl (C=O) groups is 2. The number of hydrogen-bond donors (Lipinski definition) is 1. The summed E-state index contributed by atoms with van der Waals surface area (Å²) in [6, 6.07) is 30.2. The van der Waals surface area contributed by atoms with Crippen molar-refractivity contribution in [3.63, 3.8) is 0 Å². The largest absolute Gasteiger partial charge is 0.508 e. The van der Waals surface area contributed by atoms with Crippen molar-refractivity contribution in [2.24, 2.45) is 0 Å². The lowest BCUT2D eigenvalue weighted by atomic mass is 10.1. The van der Waals surface area contributed by atoms with Gasteiger partial charge in [0.15, 0.2) is 0 Å². The molecular weight excluding hydrogens is 1100 g/mol. The van der Waals surface area contributed by atoms with E-state index in [1.165, 1.54) is 253 Å². The van der Waals surface area contributed by atoms with E-state index in [0.29, 0.717) is 11.1 Å². The van der Waals surface area contributed by atoms with E-state index < -0.39 is 0 Å². The number of hydrogen-bond acceptors (Lipinski definition) is 7. The number of phenolic OH excluding ortho intramolecular Hbond substituents is 1. The lowest BCUT2D eigenvalue weighted by molar-refractivity contribution is 0.111. The second-order valence-electron chi connectivity index (χ2n) is 22.7. The molecule has 0 atom stereocenters. The van der Waals surface area contributed by atoms with E-state index >= 15 is 0 Å². The van der Waals surface area contributed by atoms with E-state index in [9.17, 15) is 9.59 Å². The molecule has 1 aliphatic rings. The minimum Gasteiger partial charge on any atom is -0.508 e. The van der Waals surface area contributed by atoms with Crippen molar-refractivity contribution >= 4 is 40.7 Å². The van der Waals surface area contributed by atoms with E-state index in [1.807, 2.05) is 12.1 Å². The molecule has 0 radical (unpaired) electrons. The van der Waals surface area contributed by atoms with Gasteiger partial charge in [-0.05, 0) is 122 Å². The lowest BCUT2D eigenvalue weighted by Crippen LogP contribution is -1.97. The summed E-state index contributed by atoms with van der Waals surface area (Å²) in [4.78, 5) is 20.6. The summed E-state index contributed by atoms with van der Waals surface area (Å²) >= 11 is 3.45. The number of benzene rings is 4. The van der Waals surface area contributed by atoms with Crippen LogP contribution in [0.5, 0.6) is 23.0 Å². The van der Waals surface area contributed by atoms with Crippen LogP contribution in [0.25, 0.3) is 12.2 Å². The highest BCUT2D eigenvalue weighted by molar-refractivity contribution is 9.09. The summed E-state index contributed by atoms with van der Waals surface area (Å²) in [7, 11) is 0. The van der Waals surface area contributed by atoms with Crippen LogP contribution in [0.4, 0.5) is 0 Å². The third kappa shape index (κ3) is 50.9. The first-order valence-electron chi connectivity index (χ1n) is 34.1. The summed E-state index contributed by atoms with van der Waals surface area (Å²) in [5.74, 6) is 2.97. The molecular formula is C76H121BrO7. The Morgan fingerprint density at radius 3 is 0.821 bits per heavy atom. The minimum atomic E-state index is 0.181. The van der Waals surface area contributed by atoms with Gasteiger partial charge in [-0.3, -0.25) is 9.59 Å². The summed E-state index contributed by atoms with van der Waals surface area (Å²) in [6.07, 6.45) is 57.4. The van der Waals surface area contributed by atoms with Crippen molar-refractivity contribution in [2.75, 3.05) is 38.4 Å². The zero-order valence-corrected chi connectivity index (χ0v) is 55.5. The van der Waals surface area contributed by atoms with Crippen LogP contribution < -0.4 is 14.2 Å². The quantitative estimate of drug-likeness (QED) is 0.0204. The van der Waals surface area contributed by atoms with Gasteiger partial charge in [-0.1, -0.05) is 286 Å². The van der Waals surface area contributed by atoms with Gasteiger partial charge in [0.25, 0.3) is 0 Å². The van der Waals surface area contributed by atoms with Gasteiger partial charge < -0.3 is 24.1 Å². The van der Waals surface area contributed by atoms with Gasteiger partial charge in [-0.15, -0.1) is 0 Å². The molecule has 4 aromatic rings. The van der Waals surface area contributed by atoms with Crippen LogP contribution in [0.1, 0.15) is 304 Å². The van der Waals surface area contributed by atoms with E-state index in [4.69, 9.17) is 24.1 Å². The van der Waals surface area contributed by atoms with Crippen LogP contribution >= 0.6 is 15.9 Å². The molecule has 1 N–H and O–H groups in total. The van der Waals surface area contributed by atoms with Crippen LogP contribution in [-0.2, 0) is 4.74 Å². The smallest absolute Gasteiger partial charge is 0.150 e. The Morgan fingerprint density at radius 1 is 0.345 bits per heavy atom. The highest BCUT2D eigenvalue weighted by Gasteiger charge is 2.01. The van der Waals surface area contributed by atoms with Crippen LogP contribution in [0.2, 0.25) is 0 Å².